The van der Waals surface area contributed by atoms with Crippen molar-refractivity contribution in [2.45, 2.75) is 57.7 Å². The van der Waals surface area contributed by atoms with Crippen LogP contribution < -0.4 is 0 Å². The lowest BCUT2D eigenvalue weighted by atomic mass is 9.91. The van der Waals surface area contributed by atoms with Crippen molar-refractivity contribution in [1.82, 2.24) is 14.7 Å². The van der Waals surface area contributed by atoms with Crippen LogP contribution in [-0.2, 0) is 13.0 Å². The van der Waals surface area contributed by atoms with E-state index in [1.165, 1.54) is 0 Å². The summed E-state index contributed by atoms with van der Waals surface area (Å²) < 4.78 is 1.83. The van der Waals surface area contributed by atoms with Crippen molar-refractivity contribution in [2.24, 2.45) is 0 Å². The molecule has 1 fully saturated rings. The number of fused-ring (bicyclic) bond motifs is 1. The summed E-state index contributed by atoms with van der Waals surface area (Å²) in [7, 11) is 0. The van der Waals surface area contributed by atoms with Gasteiger partial charge in [0.05, 0.1) is 17.8 Å². The van der Waals surface area contributed by atoms with Gasteiger partial charge in [-0.25, -0.2) is 4.68 Å². The molecule has 3 aromatic rings. The minimum Gasteiger partial charge on any atom is -0.391 e. The van der Waals surface area contributed by atoms with Crippen LogP contribution in [0.2, 0.25) is 5.02 Å². The van der Waals surface area contributed by atoms with E-state index in [0.717, 1.165) is 53.6 Å². The summed E-state index contributed by atoms with van der Waals surface area (Å²) in [5.41, 5.74) is 5.84. The van der Waals surface area contributed by atoms with Gasteiger partial charge in [0.2, 0.25) is 0 Å². The van der Waals surface area contributed by atoms with Gasteiger partial charge in [0, 0.05) is 35.1 Å². The lowest BCUT2D eigenvalue weighted by molar-refractivity contribution is 0.0191. The Morgan fingerprint density at radius 3 is 2.68 bits per heavy atom. The maximum Gasteiger partial charge on any atom is 0.254 e. The molecule has 2 aliphatic rings. The molecule has 1 aliphatic carbocycles. The molecule has 160 valence electrons. The van der Waals surface area contributed by atoms with E-state index in [4.69, 9.17) is 11.6 Å². The summed E-state index contributed by atoms with van der Waals surface area (Å²) in [6, 6.07) is 12.1. The Morgan fingerprint density at radius 1 is 1.19 bits per heavy atom. The average Bonchev–Trinajstić information content (AvgIpc) is 3.42. The predicted octanol–water partition coefficient (Wildman–Crippen LogP) is 4.68. The highest BCUT2D eigenvalue weighted by atomic mass is 35.5. The maximum absolute atomic E-state index is 13.2. The van der Waals surface area contributed by atoms with Gasteiger partial charge in [0.1, 0.15) is 0 Å². The van der Waals surface area contributed by atoms with Gasteiger partial charge in [0.25, 0.3) is 5.91 Å². The fourth-order valence-corrected chi connectivity index (χ4v) is 5.20. The number of nitrogens with zero attached hydrogens (tertiary/aromatic N) is 3. The largest absolute Gasteiger partial charge is 0.391 e. The normalized spacial score (nSPS) is 20.9. The number of amides is 1. The highest BCUT2D eigenvalue weighted by molar-refractivity contribution is 6.33. The first-order valence-corrected chi connectivity index (χ1v) is 11.3. The van der Waals surface area contributed by atoms with Crippen LogP contribution in [0.5, 0.6) is 0 Å². The second kappa shape index (κ2) is 8.13. The van der Waals surface area contributed by atoms with Gasteiger partial charge >= 0.3 is 0 Å². The van der Waals surface area contributed by atoms with Crippen LogP contribution in [0.25, 0.3) is 5.69 Å². The Bertz CT molecular complexity index is 1110. The maximum atomic E-state index is 13.2. The van der Waals surface area contributed by atoms with Gasteiger partial charge in [0.15, 0.2) is 0 Å². The number of hydrogen-bond donors (Lipinski definition) is 1. The number of carbonyl (C=O) groups excluding carboxylic acids is 1. The number of carbonyl (C=O) groups is 1. The van der Waals surface area contributed by atoms with Gasteiger partial charge in [-0.3, -0.25) is 4.79 Å². The molecule has 0 saturated heterocycles. The number of halogens is 1. The van der Waals surface area contributed by atoms with E-state index in [1.807, 2.05) is 47.0 Å². The van der Waals surface area contributed by atoms with Crippen LogP contribution in [0.4, 0.5) is 0 Å². The van der Waals surface area contributed by atoms with Crippen LogP contribution in [0.1, 0.15) is 58.3 Å². The second-order valence-corrected chi connectivity index (χ2v) is 9.02. The average molecular weight is 436 g/mol. The van der Waals surface area contributed by atoms with Crippen molar-refractivity contribution < 1.29 is 9.90 Å². The molecule has 6 heteroatoms. The monoisotopic (exact) mass is 435 g/mol. The number of hydrogen-bond acceptors (Lipinski definition) is 3. The number of benzene rings is 2. The molecule has 31 heavy (non-hydrogen) atoms. The third-order valence-corrected chi connectivity index (χ3v) is 7.24. The predicted molar refractivity (Wildman–Crippen MR) is 121 cm³/mol. The van der Waals surface area contributed by atoms with E-state index in [9.17, 15) is 9.90 Å². The highest BCUT2D eigenvalue weighted by Gasteiger charge is 2.38. The molecule has 0 radical (unpaired) electrons. The van der Waals surface area contributed by atoms with E-state index in [1.54, 1.807) is 6.20 Å². The van der Waals surface area contributed by atoms with Crippen molar-refractivity contribution in [1.29, 1.82) is 0 Å². The van der Waals surface area contributed by atoms with Crippen molar-refractivity contribution >= 4 is 17.5 Å². The molecule has 2 atom stereocenters. The zero-order valence-electron chi connectivity index (χ0n) is 17.6. The van der Waals surface area contributed by atoms with E-state index < -0.39 is 6.10 Å². The Morgan fingerprint density at radius 2 is 1.97 bits per heavy atom. The van der Waals surface area contributed by atoms with Crippen LogP contribution in [0, 0.1) is 6.92 Å². The van der Waals surface area contributed by atoms with Crippen molar-refractivity contribution in [3.05, 3.63) is 81.6 Å². The lowest BCUT2D eigenvalue weighted by Crippen LogP contribution is -2.45. The third kappa shape index (κ3) is 3.66. The van der Waals surface area contributed by atoms with Gasteiger partial charge in [-0.1, -0.05) is 36.6 Å². The Labute approximate surface area is 187 Å². The van der Waals surface area contributed by atoms with Crippen LogP contribution in [-0.4, -0.2) is 37.8 Å². The van der Waals surface area contributed by atoms with Crippen molar-refractivity contribution in [2.75, 3.05) is 0 Å². The summed E-state index contributed by atoms with van der Waals surface area (Å²) in [6.45, 7) is 2.52. The number of aromatic nitrogens is 2. The molecule has 1 N–H and O–H groups in total. The quantitative estimate of drug-likeness (QED) is 0.647. The number of aliphatic hydroxyl groups is 1. The third-order valence-electron chi connectivity index (χ3n) is 6.73. The summed E-state index contributed by atoms with van der Waals surface area (Å²) >= 11 is 6.76. The molecule has 1 aliphatic heterocycles. The van der Waals surface area contributed by atoms with Crippen molar-refractivity contribution in [3.8, 4) is 5.69 Å². The van der Waals surface area contributed by atoms with Crippen molar-refractivity contribution in [3.63, 3.8) is 0 Å². The molecule has 0 unspecified atom stereocenters. The molecule has 0 spiro atoms. The fourth-order valence-electron chi connectivity index (χ4n) is 4.91. The van der Waals surface area contributed by atoms with E-state index in [2.05, 4.69) is 17.2 Å². The first-order valence-electron chi connectivity index (χ1n) is 10.9. The first kappa shape index (κ1) is 20.3. The molecule has 5 nitrogen and oxygen atoms in total. The fraction of sp³-hybridized carbons (Fsp3) is 0.360. The molecule has 5 rings (SSSR count). The molecule has 2 heterocycles. The van der Waals surface area contributed by atoms with E-state index in [-0.39, 0.29) is 11.9 Å². The van der Waals surface area contributed by atoms with Gasteiger partial charge in [-0.2, -0.15) is 5.10 Å². The number of aliphatic hydroxyl groups excluding tert-OH is 1. The first-order chi connectivity index (χ1) is 15.0. The second-order valence-electron chi connectivity index (χ2n) is 8.65. The minimum atomic E-state index is -0.445. The molecule has 2 aromatic carbocycles. The molecular formula is C25H26ClN3O2. The lowest BCUT2D eigenvalue weighted by Gasteiger charge is -2.35. The molecular weight excluding hydrogens is 410 g/mol. The zero-order valence-corrected chi connectivity index (χ0v) is 18.3. The molecule has 1 amide bonds. The topological polar surface area (TPSA) is 58.4 Å². The number of rotatable bonds is 4. The zero-order chi connectivity index (χ0) is 21.5. The molecule has 1 aromatic heterocycles. The van der Waals surface area contributed by atoms with Gasteiger partial charge in [-0.05, 0) is 67.1 Å². The van der Waals surface area contributed by atoms with Crippen LogP contribution in [0.15, 0.2) is 48.8 Å². The Hall–Kier alpha value is -2.63. The Balaban J connectivity index is 1.41. The summed E-state index contributed by atoms with van der Waals surface area (Å²) in [5, 5.41) is 15.4. The van der Waals surface area contributed by atoms with Gasteiger partial charge < -0.3 is 10.0 Å². The van der Waals surface area contributed by atoms with E-state index in [0.29, 0.717) is 23.6 Å². The van der Waals surface area contributed by atoms with Gasteiger partial charge in [-0.15, -0.1) is 0 Å². The minimum absolute atomic E-state index is 0.00173. The van der Waals surface area contributed by atoms with E-state index >= 15 is 0 Å². The molecule has 0 bridgehead atoms. The van der Waals surface area contributed by atoms with Crippen LogP contribution in [0.3, 0.4) is 0 Å². The molecule has 1 saturated carbocycles. The summed E-state index contributed by atoms with van der Waals surface area (Å²) in [5.74, 6) is -0.00173. The van der Waals surface area contributed by atoms with Crippen LogP contribution >= 0.6 is 11.6 Å². The summed E-state index contributed by atoms with van der Waals surface area (Å²) in [6.07, 6.45) is 7.63. The smallest absolute Gasteiger partial charge is 0.254 e. The Kier molecular flexibility index (Phi) is 5.32. The standard InChI is InChI=1S/C25H26ClN3O2/c1-16-18(13-17-7-9-19(10-8-17)29-12-4-11-27-29)14-20-21(24(16)26)15-28(25(20)31)22-5-2-3-6-23(22)30/h4,7-12,14,22-23,30H,2-3,5-6,13,15H2,1H3/t22-,23-/m1/s1. The highest BCUT2D eigenvalue weighted by Crippen LogP contribution is 2.37. The summed E-state index contributed by atoms with van der Waals surface area (Å²) in [4.78, 5) is 15.1. The SMILES string of the molecule is Cc1c(Cc2ccc(-n3cccn3)cc2)cc2c(c1Cl)CN([C@@H]1CCCC[C@H]1O)C2=O.